The summed E-state index contributed by atoms with van der Waals surface area (Å²) in [6.07, 6.45) is -3.30. The second-order valence-electron chi connectivity index (χ2n) is 2.53. The van der Waals surface area contributed by atoms with Gasteiger partial charge >= 0.3 is 6.18 Å². The van der Waals surface area contributed by atoms with Gasteiger partial charge in [-0.15, -0.1) is 0 Å². The minimum Gasteiger partial charge on any atom is -0.478 e. The maximum atomic E-state index is 11.8. The Balaban J connectivity index is 2.57. The molecule has 1 heterocycles. The molecule has 0 unspecified atom stereocenters. The quantitative estimate of drug-likeness (QED) is 0.779. The molecule has 0 bridgehead atoms. The first kappa shape index (κ1) is 11.5. The van der Waals surface area contributed by atoms with Crippen LogP contribution in [-0.2, 0) is 0 Å². The van der Waals surface area contributed by atoms with E-state index in [0.717, 1.165) is 6.33 Å². The fraction of sp³-hybridized carbons (Fsp3) is 0.500. The molecule has 15 heavy (non-hydrogen) atoms. The average molecular weight is 222 g/mol. The normalized spacial score (nSPS) is 11.2. The highest BCUT2D eigenvalue weighted by atomic mass is 19.4. The number of rotatable bonds is 4. The van der Waals surface area contributed by atoms with Crippen LogP contribution in [0.2, 0.25) is 0 Å². The lowest BCUT2D eigenvalue weighted by Crippen LogP contribution is -2.19. The summed E-state index contributed by atoms with van der Waals surface area (Å²) in [4.78, 5) is 7.19. The van der Waals surface area contributed by atoms with Crippen molar-refractivity contribution < 1.29 is 22.6 Å². The van der Waals surface area contributed by atoms with Gasteiger partial charge in [-0.05, 0) is 6.92 Å². The maximum Gasteiger partial charge on any atom is 0.422 e. The van der Waals surface area contributed by atoms with Gasteiger partial charge in [-0.25, -0.2) is 9.97 Å². The van der Waals surface area contributed by atoms with E-state index in [0.29, 0.717) is 6.61 Å². The van der Waals surface area contributed by atoms with Crippen molar-refractivity contribution in [2.24, 2.45) is 0 Å². The second kappa shape index (κ2) is 4.81. The fourth-order valence-corrected chi connectivity index (χ4v) is 0.784. The Morgan fingerprint density at radius 3 is 2.33 bits per heavy atom. The fourth-order valence-electron chi connectivity index (χ4n) is 0.784. The summed E-state index contributed by atoms with van der Waals surface area (Å²) in [5.41, 5.74) is 0. The van der Waals surface area contributed by atoms with Crippen LogP contribution >= 0.6 is 0 Å². The average Bonchev–Trinajstić information content (AvgIpc) is 2.15. The van der Waals surface area contributed by atoms with Crippen molar-refractivity contribution >= 4 is 0 Å². The summed E-state index contributed by atoms with van der Waals surface area (Å²) in [7, 11) is 0. The molecule has 1 rings (SSSR count). The van der Waals surface area contributed by atoms with Gasteiger partial charge in [0.1, 0.15) is 6.33 Å². The van der Waals surface area contributed by atoms with Crippen molar-refractivity contribution in [2.45, 2.75) is 13.1 Å². The molecule has 0 radical (unpaired) electrons. The number of hydrogen-bond acceptors (Lipinski definition) is 4. The molecular weight excluding hydrogens is 213 g/mol. The lowest BCUT2D eigenvalue weighted by Gasteiger charge is -2.08. The molecule has 0 aliphatic carbocycles. The van der Waals surface area contributed by atoms with Crippen LogP contribution in [0.3, 0.4) is 0 Å². The third-order valence-electron chi connectivity index (χ3n) is 1.29. The van der Waals surface area contributed by atoms with Gasteiger partial charge in [0, 0.05) is 0 Å². The monoisotopic (exact) mass is 222 g/mol. The number of alkyl halides is 3. The lowest BCUT2D eigenvalue weighted by atomic mass is 10.6. The van der Waals surface area contributed by atoms with E-state index in [2.05, 4.69) is 14.7 Å². The van der Waals surface area contributed by atoms with E-state index in [1.807, 2.05) is 0 Å². The Morgan fingerprint density at radius 2 is 1.80 bits per heavy atom. The molecule has 0 saturated heterocycles. The van der Waals surface area contributed by atoms with E-state index < -0.39 is 12.8 Å². The van der Waals surface area contributed by atoms with Gasteiger partial charge in [0.15, 0.2) is 6.61 Å². The Morgan fingerprint density at radius 1 is 1.20 bits per heavy atom. The Labute approximate surface area is 84.1 Å². The first-order chi connectivity index (χ1) is 7.01. The molecule has 0 amide bonds. The number of halogens is 3. The van der Waals surface area contributed by atoms with Crippen LogP contribution in [0.1, 0.15) is 6.92 Å². The van der Waals surface area contributed by atoms with Crippen LogP contribution in [0.15, 0.2) is 12.4 Å². The molecule has 0 fully saturated rings. The van der Waals surface area contributed by atoms with Crippen LogP contribution in [0.4, 0.5) is 13.2 Å². The van der Waals surface area contributed by atoms with Crippen molar-refractivity contribution in [1.29, 1.82) is 0 Å². The molecule has 4 nitrogen and oxygen atoms in total. The van der Waals surface area contributed by atoms with E-state index in [9.17, 15) is 13.2 Å². The molecule has 0 aliphatic rings. The Kier molecular flexibility index (Phi) is 3.70. The van der Waals surface area contributed by atoms with Gasteiger partial charge in [0.05, 0.1) is 12.7 Å². The van der Waals surface area contributed by atoms with E-state index in [1.54, 1.807) is 6.92 Å². The molecule has 0 N–H and O–H groups in total. The summed E-state index contributed by atoms with van der Waals surface area (Å²) < 4.78 is 44.7. The smallest absolute Gasteiger partial charge is 0.422 e. The molecule has 7 heteroatoms. The lowest BCUT2D eigenvalue weighted by molar-refractivity contribution is -0.154. The largest absolute Gasteiger partial charge is 0.478 e. The molecule has 1 aromatic heterocycles. The number of aromatic nitrogens is 2. The van der Waals surface area contributed by atoms with Gasteiger partial charge < -0.3 is 9.47 Å². The Bertz CT molecular complexity index is 317. The number of ether oxygens (including phenoxy) is 2. The van der Waals surface area contributed by atoms with Gasteiger partial charge in [0.2, 0.25) is 11.8 Å². The number of hydrogen-bond donors (Lipinski definition) is 0. The van der Waals surface area contributed by atoms with Crippen molar-refractivity contribution in [3.8, 4) is 11.8 Å². The van der Waals surface area contributed by atoms with E-state index in [4.69, 9.17) is 4.74 Å². The zero-order valence-electron chi connectivity index (χ0n) is 7.91. The van der Waals surface area contributed by atoms with Gasteiger partial charge in [-0.3, -0.25) is 0 Å². The van der Waals surface area contributed by atoms with E-state index >= 15 is 0 Å². The molecule has 84 valence electrons. The number of nitrogens with zero attached hydrogens (tertiary/aromatic N) is 2. The SMILES string of the molecule is CCOc1cc(OCC(F)(F)F)ncn1. The second-order valence-corrected chi connectivity index (χ2v) is 2.53. The van der Waals surface area contributed by atoms with Crippen LogP contribution in [-0.4, -0.2) is 29.4 Å². The zero-order chi connectivity index (χ0) is 11.3. The standard InChI is InChI=1S/C8H9F3N2O2/c1-2-14-6-3-7(13-5-12-6)15-4-8(9,10)11/h3,5H,2,4H2,1H3. The van der Waals surface area contributed by atoms with Crippen LogP contribution < -0.4 is 9.47 Å². The molecule has 0 atom stereocenters. The zero-order valence-corrected chi connectivity index (χ0v) is 7.91. The highest BCUT2D eigenvalue weighted by Gasteiger charge is 2.28. The third kappa shape index (κ3) is 4.48. The van der Waals surface area contributed by atoms with Crippen LogP contribution in [0.5, 0.6) is 11.8 Å². The molecule has 0 spiro atoms. The summed E-state index contributed by atoms with van der Waals surface area (Å²) in [5, 5.41) is 0. The first-order valence-corrected chi connectivity index (χ1v) is 4.15. The van der Waals surface area contributed by atoms with E-state index in [1.165, 1.54) is 6.07 Å². The minimum absolute atomic E-state index is 0.161. The highest BCUT2D eigenvalue weighted by molar-refractivity contribution is 5.18. The predicted octanol–water partition coefficient (Wildman–Crippen LogP) is 1.82. The van der Waals surface area contributed by atoms with Gasteiger partial charge in [0.25, 0.3) is 0 Å². The maximum absolute atomic E-state index is 11.8. The predicted molar refractivity (Wildman–Crippen MR) is 44.8 cm³/mol. The molecule has 0 aromatic carbocycles. The minimum atomic E-state index is -4.38. The van der Waals surface area contributed by atoms with E-state index in [-0.39, 0.29) is 11.8 Å². The highest BCUT2D eigenvalue weighted by Crippen LogP contribution is 2.18. The van der Waals surface area contributed by atoms with Crippen LogP contribution in [0, 0.1) is 0 Å². The third-order valence-corrected chi connectivity index (χ3v) is 1.29. The van der Waals surface area contributed by atoms with Crippen molar-refractivity contribution in [2.75, 3.05) is 13.2 Å². The Hall–Kier alpha value is -1.53. The van der Waals surface area contributed by atoms with Crippen molar-refractivity contribution in [3.63, 3.8) is 0 Å². The van der Waals surface area contributed by atoms with Crippen molar-refractivity contribution in [1.82, 2.24) is 9.97 Å². The van der Waals surface area contributed by atoms with Gasteiger partial charge in [-0.1, -0.05) is 0 Å². The molecule has 0 aliphatic heterocycles. The van der Waals surface area contributed by atoms with Gasteiger partial charge in [-0.2, -0.15) is 13.2 Å². The summed E-state index contributed by atoms with van der Waals surface area (Å²) in [6, 6.07) is 1.20. The summed E-state index contributed by atoms with van der Waals surface area (Å²) >= 11 is 0. The van der Waals surface area contributed by atoms with Crippen LogP contribution in [0.25, 0.3) is 0 Å². The summed E-state index contributed by atoms with van der Waals surface area (Å²) in [6.45, 7) is 0.726. The topological polar surface area (TPSA) is 44.2 Å². The first-order valence-electron chi connectivity index (χ1n) is 4.15. The summed E-state index contributed by atoms with van der Waals surface area (Å²) in [5.74, 6) is 0.0236. The molecular formula is C8H9F3N2O2. The molecule has 0 saturated carbocycles. The molecule has 1 aromatic rings. The van der Waals surface area contributed by atoms with Crippen molar-refractivity contribution in [3.05, 3.63) is 12.4 Å².